The molecule has 1 aliphatic heterocycles. The van der Waals surface area contributed by atoms with E-state index < -0.39 is 0 Å². The lowest BCUT2D eigenvalue weighted by molar-refractivity contribution is 0.997. The molecule has 6 heteroatoms. The molecule has 4 rings (SSSR count). The van der Waals surface area contributed by atoms with E-state index in [1.54, 1.807) is 12.5 Å². The number of rotatable bonds is 6. The number of nitrogens with two attached hydrogens (primary N) is 1. The fraction of sp³-hybridized carbons (Fsp3) is 0.130. The Hall–Kier alpha value is -3.38. The Bertz CT molecular complexity index is 1110. The third kappa shape index (κ3) is 4.07. The maximum atomic E-state index is 5.88. The highest BCUT2D eigenvalue weighted by molar-refractivity contribution is 6.11. The monoisotopic (exact) mass is 381 g/mol. The van der Waals surface area contributed by atoms with Crippen LogP contribution >= 0.6 is 0 Å². The van der Waals surface area contributed by atoms with Gasteiger partial charge in [0.1, 0.15) is 0 Å². The number of imidazole rings is 1. The minimum absolute atomic E-state index is 0.598. The summed E-state index contributed by atoms with van der Waals surface area (Å²) in [7, 11) is 2.05. The van der Waals surface area contributed by atoms with Gasteiger partial charge in [-0.3, -0.25) is 0 Å². The third-order valence-electron chi connectivity index (χ3n) is 5.05. The Morgan fingerprint density at radius 2 is 1.97 bits per heavy atom. The molecule has 0 aliphatic carbocycles. The van der Waals surface area contributed by atoms with Gasteiger partial charge in [-0.1, -0.05) is 18.2 Å². The van der Waals surface area contributed by atoms with Gasteiger partial charge < -0.3 is 14.8 Å². The lowest BCUT2D eigenvalue weighted by atomic mass is 10.0. The van der Waals surface area contributed by atoms with Crippen LogP contribution in [0.4, 0.5) is 0 Å². The average Bonchev–Trinajstić information content (AvgIpc) is 3.47. The summed E-state index contributed by atoms with van der Waals surface area (Å²) in [6.07, 6.45) is 14.6. The third-order valence-corrected chi connectivity index (χ3v) is 5.05. The second-order valence-electron chi connectivity index (χ2n) is 7.13. The van der Waals surface area contributed by atoms with Crippen molar-refractivity contribution >= 4 is 25.3 Å². The zero-order valence-electron chi connectivity index (χ0n) is 16.8. The van der Waals surface area contributed by atoms with Gasteiger partial charge in [0.05, 0.1) is 17.7 Å². The van der Waals surface area contributed by atoms with Crippen molar-refractivity contribution in [1.82, 2.24) is 14.0 Å². The topological polar surface area (TPSA) is 61.1 Å². The summed E-state index contributed by atoms with van der Waals surface area (Å²) in [6.45, 7) is 2.71. The first-order valence-electron chi connectivity index (χ1n) is 9.74. The van der Waals surface area contributed by atoms with Gasteiger partial charge in [0.2, 0.25) is 7.98 Å². The second-order valence-corrected chi connectivity index (χ2v) is 7.13. The van der Waals surface area contributed by atoms with Gasteiger partial charge in [-0.15, -0.1) is 0 Å². The minimum Gasteiger partial charge on any atom is -0.399 e. The molecule has 0 spiro atoms. The lowest BCUT2D eigenvalue weighted by Gasteiger charge is -2.11. The highest BCUT2D eigenvalue weighted by atomic mass is 15.0. The van der Waals surface area contributed by atoms with E-state index in [0.29, 0.717) is 6.54 Å². The van der Waals surface area contributed by atoms with E-state index in [1.807, 2.05) is 10.8 Å². The van der Waals surface area contributed by atoms with Gasteiger partial charge in [0.15, 0.2) is 0 Å². The van der Waals surface area contributed by atoms with Gasteiger partial charge in [0, 0.05) is 29.3 Å². The molecule has 0 radical (unpaired) electrons. The van der Waals surface area contributed by atoms with E-state index >= 15 is 0 Å². The maximum absolute atomic E-state index is 5.88. The smallest absolute Gasteiger partial charge is 0.223 e. The Morgan fingerprint density at radius 3 is 2.62 bits per heavy atom. The molecule has 2 aromatic heterocycles. The van der Waals surface area contributed by atoms with Gasteiger partial charge in [-0.05, 0) is 73.6 Å². The number of hydrogen-bond donors (Lipinski definition) is 1. The van der Waals surface area contributed by atoms with Gasteiger partial charge in [0.25, 0.3) is 0 Å². The molecule has 0 fully saturated rings. The van der Waals surface area contributed by atoms with E-state index in [1.165, 1.54) is 16.8 Å². The molecule has 144 valence electrons. The Kier molecular flexibility index (Phi) is 5.45. The normalized spacial score (nSPS) is 15.7. The van der Waals surface area contributed by atoms with Crippen LogP contribution in [0.3, 0.4) is 0 Å². The zero-order chi connectivity index (χ0) is 20.2. The summed E-state index contributed by atoms with van der Waals surface area (Å²) in [6, 6.07) is 12.5. The number of nitrogens with zero attached hydrogens (tertiary/aromatic N) is 4. The van der Waals surface area contributed by atoms with Crippen molar-refractivity contribution in [3.63, 3.8) is 0 Å². The maximum Gasteiger partial charge on any atom is 0.223 e. The molecule has 0 saturated carbocycles. The molecular formula is C23H24BN5. The highest BCUT2D eigenvalue weighted by Crippen LogP contribution is 2.31. The van der Waals surface area contributed by atoms with Gasteiger partial charge in [-0.25, -0.2) is 9.98 Å². The SMILES string of the molecule is Bn1cccc1/C(CCN)=C1N=C(/C=C/c2ccc(-n3ccnc3)cc2)C=C\1C. The van der Waals surface area contributed by atoms with Crippen molar-refractivity contribution in [2.24, 2.45) is 10.7 Å². The second kappa shape index (κ2) is 8.33. The fourth-order valence-corrected chi connectivity index (χ4v) is 3.57. The standard InChI is InChI=1S/C23H24BN5/c1-17-15-19(27-23(17)21(10-11-25)22-3-2-13-29(22)24)7-4-18-5-8-20(9-6-18)28-14-12-26-16-28/h2-9,12-16H,10-11,24-25H2,1H3/b7-4+,23-21-. The molecule has 3 heterocycles. The van der Waals surface area contributed by atoms with Crippen molar-refractivity contribution in [2.75, 3.05) is 6.54 Å². The summed E-state index contributed by atoms with van der Waals surface area (Å²) >= 11 is 0. The molecule has 2 N–H and O–H groups in total. The van der Waals surface area contributed by atoms with Crippen LogP contribution < -0.4 is 5.73 Å². The molecular weight excluding hydrogens is 357 g/mol. The molecule has 0 bridgehead atoms. The van der Waals surface area contributed by atoms with Crippen molar-refractivity contribution in [1.29, 1.82) is 0 Å². The molecule has 0 atom stereocenters. The first-order chi connectivity index (χ1) is 14.2. The summed E-state index contributed by atoms with van der Waals surface area (Å²) < 4.78 is 4.11. The van der Waals surface area contributed by atoms with E-state index in [2.05, 4.69) is 85.2 Å². The molecule has 29 heavy (non-hydrogen) atoms. The Morgan fingerprint density at radius 1 is 1.14 bits per heavy atom. The van der Waals surface area contributed by atoms with Gasteiger partial charge >= 0.3 is 0 Å². The molecule has 3 aromatic rings. The van der Waals surface area contributed by atoms with Crippen LogP contribution in [0.2, 0.25) is 0 Å². The summed E-state index contributed by atoms with van der Waals surface area (Å²) in [5, 5.41) is 0. The predicted molar refractivity (Wildman–Crippen MR) is 123 cm³/mol. The molecule has 1 aliphatic rings. The number of hydrogen-bond acceptors (Lipinski definition) is 3. The van der Waals surface area contributed by atoms with Crippen molar-refractivity contribution in [3.8, 4) is 5.69 Å². The first-order valence-corrected chi connectivity index (χ1v) is 9.74. The lowest BCUT2D eigenvalue weighted by Crippen LogP contribution is -2.05. The molecule has 1 aromatic carbocycles. The van der Waals surface area contributed by atoms with Crippen LogP contribution in [0, 0.1) is 0 Å². The van der Waals surface area contributed by atoms with E-state index in [-0.39, 0.29) is 0 Å². The van der Waals surface area contributed by atoms with Gasteiger partial charge in [-0.2, -0.15) is 0 Å². The number of aromatic nitrogens is 3. The predicted octanol–water partition coefficient (Wildman–Crippen LogP) is 3.24. The quantitative estimate of drug-likeness (QED) is 0.667. The number of allylic oxidation sites excluding steroid dienone is 3. The largest absolute Gasteiger partial charge is 0.399 e. The molecule has 0 unspecified atom stereocenters. The minimum atomic E-state index is 0.598. The van der Waals surface area contributed by atoms with Crippen LogP contribution in [0.5, 0.6) is 0 Å². The highest BCUT2D eigenvalue weighted by Gasteiger charge is 2.16. The van der Waals surface area contributed by atoms with Crippen LogP contribution in [-0.4, -0.2) is 34.3 Å². The molecule has 5 nitrogen and oxygen atoms in total. The van der Waals surface area contributed by atoms with Crippen molar-refractivity contribution < 1.29 is 0 Å². The average molecular weight is 381 g/mol. The van der Waals surface area contributed by atoms with Crippen LogP contribution in [0.1, 0.15) is 24.6 Å². The van der Waals surface area contributed by atoms with Crippen LogP contribution in [0.25, 0.3) is 17.3 Å². The number of benzene rings is 1. The first kappa shape index (κ1) is 19.0. The zero-order valence-corrected chi connectivity index (χ0v) is 16.8. The van der Waals surface area contributed by atoms with E-state index in [4.69, 9.17) is 10.7 Å². The Labute approximate surface area is 172 Å². The van der Waals surface area contributed by atoms with E-state index in [0.717, 1.165) is 29.1 Å². The number of aliphatic imine (C=N–C) groups is 1. The fourth-order valence-electron chi connectivity index (χ4n) is 3.57. The molecule has 0 saturated heterocycles. The summed E-state index contributed by atoms with van der Waals surface area (Å²) in [5.74, 6) is 0. The molecule has 0 amide bonds. The van der Waals surface area contributed by atoms with Crippen molar-refractivity contribution in [2.45, 2.75) is 13.3 Å². The van der Waals surface area contributed by atoms with E-state index in [9.17, 15) is 0 Å². The summed E-state index contributed by atoms with van der Waals surface area (Å²) in [4.78, 5) is 8.98. The van der Waals surface area contributed by atoms with Crippen molar-refractivity contribution in [3.05, 3.63) is 96.0 Å². The van der Waals surface area contributed by atoms with Crippen LogP contribution in [0.15, 0.2) is 89.7 Å². The Balaban J connectivity index is 1.59. The summed E-state index contributed by atoms with van der Waals surface area (Å²) in [5.41, 5.74) is 13.6. The van der Waals surface area contributed by atoms with Crippen LogP contribution in [-0.2, 0) is 0 Å².